The third-order valence-corrected chi connectivity index (χ3v) is 4.80. The zero-order valence-electron chi connectivity index (χ0n) is 16.3. The number of rotatable bonds is 7. The molecule has 1 fully saturated rings. The summed E-state index contributed by atoms with van der Waals surface area (Å²) in [4.78, 5) is 23.5. The number of pyridine rings is 1. The molecule has 1 amide bonds. The molecule has 0 aromatic carbocycles. The summed E-state index contributed by atoms with van der Waals surface area (Å²) in [5.41, 5.74) is 0.609. The van der Waals surface area contributed by atoms with Crippen LogP contribution in [0.4, 0.5) is 5.82 Å². The van der Waals surface area contributed by atoms with Gasteiger partial charge in [-0.1, -0.05) is 13.8 Å². The van der Waals surface area contributed by atoms with E-state index in [2.05, 4.69) is 43.9 Å². The predicted molar refractivity (Wildman–Crippen MR) is 107 cm³/mol. The molecule has 3 rings (SSSR count). The van der Waals surface area contributed by atoms with E-state index in [-0.39, 0.29) is 5.91 Å². The fourth-order valence-electron chi connectivity index (χ4n) is 3.35. The van der Waals surface area contributed by atoms with E-state index < -0.39 is 0 Å². The molecule has 3 heterocycles. The van der Waals surface area contributed by atoms with E-state index in [1.807, 2.05) is 24.5 Å². The largest absolute Gasteiger partial charge is 0.355 e. The minimum absolute atomic E-state index is 0.0682. The summed E-state index contributed by atoms with van der Waals surface area (Å²) in [6.45, 7) is 9.73. The SMILES string of the molecule is CC(C)c1nccn1CCCNC(=O)c1ccc(N2CCCNCC2)nc1. The molecule has 1 saturated heterocycles. The number of aryl methyl sites for hydroxylation is 1. The van der Waals surface area contributed by atoms with Crippen LogP contribution in [0.5, 0.6) is 0 Å². The maximum atomic E-state index is 12.3. The lowest BCUT2D eigenvalue weighted by Crippen LogP contribution is -2.29. The highest BCUT2D eigenvalue weighted by molar-refractivity contribution is 5.94. The quantitative estimate of drug-likeness (QED) is 0.730. The molecular weight excluding hydrogens is 340 g/mol. The zero-order chi connectivity index (χ0) is 19.1. The Morgan fingerprint density at radius 2 is 2.15 bits per heavy atom. The summed E-state index contributed by atoms with van der Waals surface area (Å²) in [7, 11) is 0. The van der Waals surface area contributed by atoms with Gasteiger partial charge in [-0.2, -0.15) is 0 Å². The number of anilines is 1. The van der Waals surface area contributed by atoms with E-state index in [0.29, 0.717) is 18.0 Å². The summed E-state index contributed by atoms with van der Waals surface area (Å²) in [5.74, 6) is 2.36. The Kier molecular flexibility index (Phi) is 6.81. The van der Waals surface area contributed by atoms with Gasteiger partial charge in [0.15, 0.2) is 0 Å². The van der Waals surface area contributed by atoms with Crippen molar-refractivity contribution in [2.24, 2.45) is 0 Å². The molecule has 0 atom stereocenters. The third-order valence-electron chi connectivity index (χ3n) is 4.80. The summed E-state index contributed by atoms with van der Waals surface area (Å²) in [6.07, 6.45) is 7.49. The van der Waals surface area contributed by atoms with Crippen molar-refractivity contribution in [3.8, 4) is 0 Å². The number of nitrogens with zero attached hydrogens (tertiary/aromatic N) is 4. The normalized spacial score (nSPS) is 15.0. The summed E-state index contributed by atoms with van der Waals surface area (Å²) < 4.78 is 2.16. The molecule has 1 aliphatic rings. The third kappa shape index (κ3) is 5.29. The van der Waals surface area contributed by atoms with Gasteiger partial charge in [0.1, 0.15) is 11.6 Å². The van der Waals surface area contributed by atoms with Crippen LogP contribution >= 0.6 is 0 Å². The van der Waals surface area contributed by atoms with Gasteiger partial charge in [-0.25, -0.2) is 9.97 Å². The minimum Gasteiger partial charge on any atom is -0.355 e. The Morgan fingerprint density at radius 3 is 2.93 bits per heavy atom. The molecule has 0 aliphatic carbocycles. The highest BCUT2D eigenvalue weighted by atomic mass is 16.1. The van der Waals surface area contributed by atoms with E-state index in [4.69, 9.17) is 0 Å². The number of carbonyl (C=O) groups excluding carboxylic acids is 1. The van der Waals surface area contributed by atoms with E-state index in [0.717, 1.165) is 57.2 Å². The molecule has 0 spiro atoms. The number of hydrogen-bond acceptors (Lipinski definition) is 5. The predicted octanol–water partition coefficient (Wildman–Crippen LogP) is 2.02. The number of nitrogens with one attached hydrogen (secondary N) is 2. The standard InChI is InChI=1S/C20H30N6O/c1-16(2)19-22-10-14-26(19)12-4-8-23-20(27)17-5-6-18(24-15-17)25-11-3-7-21-9-13-25/h5-6,10,14-16,21H,3-4,7-9,11-13H2,1-2H3,(H,23,27). The fourth-order valence-corrected chi connectivity index (χ4v) is 3.35. The summed E-state index contributed by atoms with van der Waals surface area (Å²) in [6, 6.07) is 3.81. The molecule has 7 heteroatoms. The molecule has 0 unspecified atom stereocenters. The van der Waals surface area contributed by atoms with Crippen molar-refractivity contribution in [1.29, 1.82) is 0 Å². The molecule has 7 nitrogen and oxygen atoms in total. The van der Waals surface area contributed by atoms with Crippen molar-refractivity contribution < 1.29 is 4.79 Å². The van der Waals surface area contributed by atoms with Crippen molar-refractivity contribution >= 4 is 11.7 Å². The lowest BCUT2D eigenvalue weighted by molar-refractivity contribution is 0.0952. The number of aromatic nitrogens is 3. The van der Waals surface area contributed by atoms with Crippen molar-refractivity contribution in [1.82, 2.24) is 25.2 Å². The van der Waals surface area contributed by atoms with Crippen molar-refractivity contribution in [3.05, 3.63) is 42.1 Å². The Labute approximate surface area is 161 Å². The van der Waals surface area contributed by atoms with Gasteiger partial charge in [0, 0.05) is 57.2 Å². The van der Waals surface area contributed by atoms with Crippen LogP contribution < -0.4 is 15.5 Å². The first-order valence-corrected chi connectivity index (χ1v) is 9.86. The maximum absolute atomic E-state index is 12.3. The molecule has 1 aliphatic heterocycles. The highest BCUT2D eigenvalue weighted by Crippen LogP contribution is 2.13. The Morgan fingerprint density at radius 1 is 1.26 bits per heavy atom. The zero-order valence-corrected chi connectivity index (χ0v) is 16.3. The van der Waals surface area contributed by atoms with Gasteiger partial charge in [-0.15, -0.1) is 0 Å². The van der Waals surface area contributed by atoms with Crippen LogP contribution in [0, 0.1) is 0 Å². The number of imidazole rings is 1. The molecule has 2 aromatic heterocycles. The van der Waals surface area contributed by atoms with Gasteiger partial charge in [0.25, 0.3) is 5.91 Å². The molecule has 2 aromatic rings. The van der Waals surface area contributed by atoms with E-state index in [1.54, 1.807) is 6.20 Å². The van der Waals surface area contributed by atoms with E-state index in [1.165, 1.54) is 0 Å². The number of hydrogen-bond donors (Lipinski definition) is 2. The topological polar surface area (TPSA) is 75.1 Å². The molecule has 0 saturated carbocycles. The first-order valence-electron chi connectivity index (χ1n) is 9.86. The van der Waals surface area contributed by atoms with Crippen LogP contribution in [-0.4, -0.2) is 53.2 Å². The van der Waals surface area contributed by atoms with Crippen LogP contribution in [0.15, 0.2) is 30.7 Å². The Balaban J connectivity index is 1.46. The van der Waals surface area contributed by atoms with Crippen LogP contribution in [0.25, 0.3) is 0 Å². The second kappa shape index (κ2) is 9.50. The van der Waals surface area contributed by atoms with Gasteiger partial charge in [-0.05, 0) is 31.5 Å². The Bertz CT molecular complexity index is 716. The first kappa shape index (κ1) is 19.4. The number of amides is 1. The molecular formula is C20H30N6O. The highest BCUT2D eigenvalue weighted by Gasteiger charge is 2.12. The second-order valence-electron chi connectivity index (χ2n) is 7.24. The van der Waals surface area contributed by atoms with Crippen molar-refractivity contribution in [2.75, 3.05) is 37.6 Å². The van der Waals surface area contributed by atoms with Crippen LogP contribution in [-0.2, 0) is 6.54 Å². The van der Waals surface area contributed by atoms with Gasteiger partial charge < -0.3 is 20.1 Å². The van der Waals surface area contributed by atoms with Gasteiger partial charge >= 0.3 is 0 Å². The van der Waals surface area contributed by atoms with E-state index >= 15 is 0 Å². The van der Waals surface area contributed by atoms with Crippen LogP contribution in [0.3, 0.4) is 0 Å². The molecule has 2 N–H and O–H groups in total. The lowest BCUT2D eigenvalue weighted by Gasteiger charge is -2.21. The minimum atomic E-state index is -0.0682. The molecule has 146 valence electrons. The average molecular weight is 371 g/mol. The summed E-state index contributed by atoms with van der Waals surface area (Å²) >= 11 is 0. The smallest absolute Gasteiger partial charge is 0.252 e. The second-order valence-corrected chi connectivity index (χ2v) is 7.24. The van der Waals surface area contributed by atoms with Crippen molar-refractivity contribution in [3.63, 3.8) is 0 Å². The van der Waals surface area contributed by atoms with Crippen molar-refractivity contribution in [2.45, 2.75) is 39.2 Å². The van der Waals surface area contributed by atoms with Crippen LogP contribution in [0.1, 0.15) is 48.8 Å². The van der Waals surface area contributed by atoms with Crippen LogP contribution in [0.2, 0.25) is 0 Å². The fraction of sp³-hybridized carbons (Fsp3) is 0.550. The lowest BCUT2D eigenvalue weighted by atomic mass is 10.2. The van der Waals surface area contributed by atoms with Gasteiger partial charge in [0.2, 0.25) is 0 Å². The molecule has 0 radical (unpaired) electrons. The van der Waals surface area contributed by atoms with Gasteiger partial charge in [0.05, 0.1) is 5.56 Å². The molecule has 0 bridgehead atoms. The first-order chi connectivity index (χ1) is 13.1. The average Bonchev–Trinajstić information content (AvgIpc) is 2.98. The number of carbonyl (C=O) groups is 1. The Hall–Kier alpha value is -2.41. The summed E-state index contributed by atoms with van der Waals surface area (Å²) in [5, 5.41) is 6.37. The van der Waals surface area contributed by atoms with E-state index in [9.17, 15) is 4.79 Å². The monoisotopic (exact) mass is 370 g/mol. The maximum Gasteiger partial charge on any atom is 0.252 e. The van der Waals surface area contributed by atoms with Gasteiger partial charge in [-0.3, -0.25) is 4.79 Å². The molecule has 27 heavy (non-hydrogen) atoms.